The molecule has 0 bridgehead atoms. The Labute approximate surface area is 186 Å². The van der Waals surface area contributed by atoms with Crippen LogP contribution < -0.4 is 15.4 Å². The SMILES string of the molecule is CNc1ncc2cc(-c3c(C)ccc4c(Nc5cccc(OC)c5)nn(C)c34)ccc2n1. The zero-order chi connectivity index (χ0) is 22.2. The van der Waals surface area contributed by atoms with E-state index in [0.29, 0.717) is 5.95 Å². The molecule has 5 aromatic rings. The van der Waals surface area contributed by atoms with Crippen LogP contribution in [0.5, 0.6) is 5.75 Å². The van der Waals surface area contributed by atoms with Gasteiger partial charge < -0.3 is 15.4 Å². The molecule has 7 nitrogen and oxygen atoms in total. The van der Waals surface area contributed by atoms with Gasteiger partial charge in [0, 0.05) is 48.4 Å². The number of hydrogen-bond acceptors (Lipinski definition) is 6. The summed E-state index contributed by atoms with van der Waals surface area (Å²) in [6, 6.07) is 18.4. The van der Waals surface area contributed by atoms with Crippen LogP contribution in [0.3, 0.4) is 0 Å². The number of aromatic nitrogens is 4. The minimum absolute atomic E-state index is 0.614. The molecule has 0 fully saturated rings. The third-order valence-electron chi connectivity index (χ3n) is 5.64. The minimum Gasteiger partial charge on any atom is -0.497 e. The molecule has 2 N–H and O–H groups in total. The van der Waals surface area contributed by atoms with E-state index in [1.165, 1.54) is 5.56 Å². The number of benzene rings is 3. The fraction of sp³-hybridized carbons (Fsp3) is 0.160. The first kappa shape index (κ1) is 19.8. The average molecular weight is 425 g/mol. The number of nitrogens with one attached hydrogen (secondary N) is 2. The highest BCUT2D eigenvalue weighted by atomic mass is 16.5. The van der Waals surface area contributed by atoms with Gasteiger partial charge >= 0.3 is 0 Å². The third kappa shape index (κ3) is 3.37. The van der Waals surface area contributed by atoms with Gasteiger partial charge in [-0.3, -0.25) is 4.68 Å². The Balaban J connectivity index is 1.64. The molecule has 0 radical (unpaired) electrons. The smallest absolute Gasteiger partial charge is 0.222 e. The second-order valence-electron chi connectivity index (χ2n) is 7.70. The van der Waals surface area contributed by atoms with E-state index in [2.05, 4.69) is 51.8 Å². The maximum absolute atomic E-state index is 5.35. The van der Waals surface area contributed by atoms with Crippen LogP contribution in [0.1, 0.15) is 5.56 Å². The van der Waals surface area contributed by atoms with Crippen LogP contribution in [0.4, 0.5) is 17.5 Å². The maximum Gasteiger partial charge on any atom is 0.222 e. The molecule has 2 aromatic heterocycles. The van der Waals surface area contributed by atoms with Crippen LogP contribution in [0.25, 0.3) is 32.9 Å². The number of fused-ring (bicyclic) bond motifs is 2. The molecule has 0 aliphatic rings. The molecule has 2 heterocycles. The quantitative estimate of drug-likeness (QED) is 0.399. The summed E-state index contributed by atoms with van der Waals surface area (Å²) in [5.74, 6) is 2.22. The highest BCUT2D eigenvalue weighted by molar-refractivity contribution is 6.03. The van der Waals surface area contributed by atoms with Crippen molar-refractivity contribution in [3.63, 3.8) is 0 Å². The van der Waals surface area contributed by atoms with E-state index in [1.54, 1.807) is 7.11 Å². The molecule has 0 spiro atoms. The Morgan fingerprint density at radius 3 is 2.72 bits per heavy atom. The summed E-state index contributed by atoms with van der Waals surface area (Å²) >= 11 is 0. The van der Waals surface area contributed by atoms with Crippen LogP contribution in [-0.4, -0.2) is 33.9 Å². The number of aryl methyl sites for hydroxylation is 2. The van der Waals surface area contributed by atoms with Crippen molar-refractivity contribution in [2.45, 2.75) is 6.92 Å². The van der Waals surface area contributed by atoms with E-state index in [0.717, 1.165) is 50.2 Å². The Morgan fingerprint density at radius 2 is 1.91 bits per heavy atom. The second kappa shape index (κ2) is 7.85. The van der Waals surface area contributed by atoms with Gasteiger partial charge in [0.2, 0.25) is 5.95 Å². The van der Waals surface area contributed by atoms with E-state index >= 15 is 0 Å². The van der Waals surface area contributed by atoms with Crippen LogP contribution in [0.2, 0.25) is 0 Å². The first-order valence-electron chi connectivity index (χ1n) is 10.4. The number of anilines is 3. The topological polar surface area (TPSA) is 76.9 Å². The molecular formula is C25H24N6O. The molecule has 160 valence electrons. The van der Waals surface area contributed by atoms with Crippen molar-refractivity contribution < 1.29 is 4.74 Å². The van der Waals surface area contributed by atoms with Crippen molar-refractivity contribution in [1.82, 2.24) is 19.7 Å². The summed E-state index contributed by atoms with van der Waals surface area (Å²) in [6.45, 7) is 2.13. The van der Waals surface area contributed by atoms with Gasteiger partial charge in [0.05, 0.1) is 18.1 Å². The Morgan fingerprint density at radius 1 is 1.03 bits per heavy atom. The van der Waals surface area contributed by atoms with Gasteiger partial charge in [-0.2, -0.15) is 5.10 Å². The monoisotopic (exact) mass is 424 g/mol. The molecule has 3 aromatic carbocycles. The van der Waals surface area contributed by atoms with Crippen molar-refractivity contribution in [3.8, 4) is 16.9 Å². The highest BCUT2D eigenvalue weighted by Gasteiger charge is 2.16. The van der Waals surface area contributed by atoms with Crippen molar-refractivity contribution >= 4 is 39.3 Å². The van der Waals surface area contributed by atoms with E-state index in [1.807, 2.05) is 55.3 Å². The second-order valence-corrected chi connectivity index (χ2v) is 7.70. The Kier molecular flexibility index (Phi) is 4.86. The fourth-order valence-corrected chi connectivity index (χ4v) is 4.08. The van der Waals surface area contributed by atoms with Gasteiger partial charge in [-0.15, -0.1) is 0 Å². The lowest BCUT2D eigenvalue weighted by molar-refractivity contribution is 0.415. The molecule has 5 rings (SSSR count). The van der Waals surface area contributed by atoms with Crippen molar-refractivity contribution in [2.75, 3.05) is 24.8 Å². The lowest BCUT2D eigenvalue weighted by Crippen LogP contribution is -1.97. The van der Waals surface area contributed by atoms with Gasteiger partial charge in [-0.1, -0.05) is 18.2 Å². The largest absolute Gasteiger partial charge is 0.497 e. The van der Waals surface area contributed by atoms with Crippen LogP contribution in [0.15, 0.2) is 60.8 Å². The number of hydrogen-bond donors (Lipinski definition) is 2. The summed E-state index contributed by atoms with van der Waals surface area (Å²) in [5.41, 5.74) is 6.34. The fourth-order valence-electron chi connectivity index (χ4n) is 4.08. The first-order chi connectivity index (χ1) is 15.6. The number of nitrogens with zero attached hydrogens (tertiary/aromatic N) is 4. The average Bonchev–Trinajstić information content (AvgIpc) is 3.13. The Bertz CT molecular complexity index is 1460. The predicted molar refractivity (Wildman–Crippen MR) is 130 cm³/mol. The number of rotatable bonds is 5. The number of methoxy groups -OCH3 is 1. The van der Waals surface area contributed by atoms with Crippen molar-refractivity contribution in [1.29, 1.82) is 0 Å². The van der Waals surface area contributed by atoms with Gasteiger partial charge in [-0.05, 0) is 48.4 Å². The van der Waals surface area contributed by atoms with E-state index in [9.17, 15) is 0 Å². The molecule has 7 heteroatoms. The zero-order valence-corrected chi connectivity index (χ0v) is 18.5. The molecule has 32 heavy (non-hydrogen) atoms. The minimum atomic E-state index is 0.614. The van der Waals surface area contributed by atoms with Crippen molar-refractivity contribution in [3.05, 3.63) is 66.4 Å². The summed E-state index contributed by atoms with van der Waals surface area (Å²) in [5, 5.41) is 13.3. The van der Waals surface area contributed by atoms with Gasteiger partial charge in [0.25, 0.3) is 0 Å². The van der Waals surface area contributed by atoms with Crippen LogP contribution in [-0.2, 0) is 7.05 Å². The van der Waals surface area contributed by atoms with E-state index in [-0.39, 0.29) is 0 Å². The lowest BCUT2D eigenvalue weighted by atomic mass is 9.96. The van der Waals surface area contributed by atoms with Gasteiger partial charge in [0.1, 0.15) is 5.75 Å². The molecule has 0 amide bonds. The molecule has 0 atom stereocenters. The molecule has 0 saturated carbocycles. The zero-order valence-electron chi connectivity index (χ0n) is 18.5. The summed E-state index contributed by atoms with van der Waals surface area (Å²) in [7, 11) is 5.46. The molecule has 0 unspecified atom stereocenters. The molecule has 0 saturated heterocycles. The maximum atomic E-state index is 5.35. The standard InChI is InChI=1S/C25H24N6O/c1-15-8-10-20-23(31(3)30-24(20)28-18-6-5-7-19(13-18)32-4)22(15)16-9-11-21-17(12-16)14-27-25(26-2)29-21/h5-14H,1-4H3,(H,28,30)(H,26,27,29). The van der Waals surface area contributed by atoms with E-state index in [4.69, 9.17) is 9.84 Å². The lowest BCUT2D eigenvalue weighted by Gasteiger charge is -2.11. The van der Waals surface area contributed by atoms with Crippen LogP contribution >= 0.6 is 0 Å². The Hall–Kier alpha value is -4.13. The van der Waals surface area contributed by atoms with Crippen molar-refractivity contribution in [2.24, 2.45) is 7.05 Å². The van der Waals surface area contributed by atoms with Gasteiger partial charge in [-0.25, -0.2) is 9.97 Å². The molecule has 0 aliphatic carbocycles. The normalized spacial score (nSPS) is 11.1. The summed E-state index contributed by atoms with van der Waals surface area (Å²) < 4.78 is 7.28. The third-order valence-corrected chi connectivity index (χ3v) is 5.64. The molecular weight excluding hydrogens is 400 g/mol. The summed E-state index contributed by atoms with van der Waals surface area (Å²) in [6.07, 6.45) is 1.85. The van der Waals surface area contributed by atoms with Gasteiger partial charge in [0.15, 0.2) is 5.82 Å². The molecule has 0 aliphatic heterocycles. The number of ether oxygens (including phenoxy) is 1. The highest BCUT2D eigenvalue weighted by Crippen LogP contribution is 2.37. The van der Waals surface area contributed by atoms with E-state index < -0.39 is 0 Å². The first-order valence-corrected chi connectivity index (χ1v) is 10.4. The van der Waals surface area contributed by atoms with Crippen LogP contribution in [0, 0.1) is 6.92 Å². The predicted octanol–water partition coefficient (Wildman–Crippen LogP) is 5.29. The summed E-state index contributed by atoms with van der Waals surface area (Å²) in [4.78, 5) is 8.90.